The van der Waals surface area contributed by atoms with E-state index in [0.717, 1.165) is 43.2 Å². The fourth-order valence-electron chi connectivity index (χ4n) is 6.88. The van der Waals surface area contributed by atoms with Crippen LogP contribution >= 0.6 is 0 Å². The second kappa shape index (κ2) is 7.79. The Bertz CT molecular complexity index is 1110. The smallest absolute Gasteiger partial charge is 0.251 e. The lowest BCUT2D eigenvalue weighted by atomic mass is 10.0. The Morgan fingerprint density at radius 1 is 1.26 bits per heavy atom. The molecule has 0 spiro atoms. The number of nitrogens with two attached hydrogens (primary N) is 1. The first-order valence-electron chi connectivity index (χ1n) is 12.3. The molecule has 3 saturated heterocycles. The molecule has 3 aliphatic heterocycles. The zero-order valence-electron chi connectivity index (χ0n) is 19.3. The number of nitrogens with one attached hydrogen (secondary N) is 1. The third kappa shape index (κ3) is 3.16. The number of nitriles is 1. The number of amides is 3. The topological polar surface area (TPSA) is 123 Å². The minimum Gasteiger partial charge on any atom is -0.355 e. The second-order valence-corrected chi connectivity index (χ2v) is 10.4. The molecule has 9 heteroatoms. The van der Waals surface area contributed by atoms with E-state index in [9.17, 15) is 19.6 Å². The van der Waals surface area contributed by atoms with E-state index in [1.807, 2.05) is 23.1 Å². The van der Waals surface area contributed by atoms with Crippen LogP contribution in [0.25, 0.3) is 0 Å². The van der Waals surface area contributed by atoms with Gasteiger partial charge in [-0.25, -0.2) is 0 Å². The van der Waals surface area contributed by atoms with Crippen LogP contribution in [0.15, 0.2) is 18.2 Å². The molecule has 3 N–H and O–H groups in total. The minimum absolute atomic E-state index is 0.0430. The number of hydrogen-bond acceptors (Lipinski definition) is 6. The molecule has 2 bridgehead atoms. The van der Waals surface area contributed by atoms with Gasteiger partial charge in [0.05, 0.1) is 24.2 Å². The van der Waals surface area contributed by atoms with Gasteiger partial charge in [0.1, 0.15) is 6.04 Å². The van der Waals surface area contributed by atoms with E-state index < -0.39 is 6.04 Å². The molecule has 1 unspecified atom stereocenters. The molecule has 0 aromatic heterocycles. The van der Waals surface area contributed by atoms with Crippen molar-refractivity contribution in [2.45, 2.75) is 68.4 Å². The van der Waals surface area contributed by atoms with Crippen LogP contribution in [0.4, 0.5) is 0 Å². The summed E-state index contributed by atoms with van der Waals surface area (Å²) in [6.07, 6.45) is 4.22. The molecule has 6 rings (SSSR count). The van der Waals surface area contributed by atoms with Crippen molar-refractivity contribution >= 4 is 17.7 Å². The van der Waals surface area contributed by atoms with Gasteiger partial charge in [0, 0.05) is 37.8 Å². The monoisotopic (exact) mass is 462 g/mol. The lowest BCUT2D eigenvalue weighted by molar-refractivity contribution is -0.141. The number of carbonyl (C=O) groups is 3. The molecule has 3 amide bonds. The average Bonchev–Trinajstić information content (AvgIpc) is 3.18. The number of nitrogens with zero attached hydrogens (tertiary/aromatic N) is 4. The molecular weight excluding hydrogens is 432 g/mol. The maximum absolute atomic E-state index is 13.4. The van der Waals surface area contributed by atoms with Crippen LogP contribution in [-0.4, -0.2) is 82.8 Å². The summed E-state index contributed by atoms with van der Waals surface area (Å²) in [6.45, 7) is 1.07. The van der Waals surface area contributed by atoms with Gasteiger partial charge in [-0.05, 0) is 61.3 Å². The van der Waals surface area contributed by atoms with Crippen LogP contribution in [0.3, 0.4) is 0 Å². The molecule has 1 aromatic rings. The highest BCUT2D eigenvalue weighted by molar-refractivity contribution is 5.94. The van der Waals surface area contributed by atoms with Crippen molar-refractivity contribution in [2.75, 3.05) is 20.1 Å². The van der Waals surface area contributed by atoms with Crippen molar-refractivity contribution in [3.8, 4) is 6.07 Å². The summed E-state index contributed by atoms with van der Waals surface area (Å²) in [5.41, 5.74) is 9.25. The zero-order valence-corrected chi connectivity index (χ0v) is 19.3. The number of hydrogen-bond donors (Lipinski definition) is 2. The SMILES string of the molecule is CNC(=O)c1ccc2c(c1)CC[C@H]2N1C(=O)[C@@H]2C[C@H]1CN2C[C@H](N)C(=O)N1[C@H](C#N)CC2C[C@@H]21. The van der Waals surface area contributed by atoms with Gasteiger partial charge in [-0.3, -0.25) is 19.3 Å². The molecule has 34 heavy (non-hydrogen) atoms. The van der Waals surface area contributed by atoms with Crippen molar-refractivity contribution in [3.63, 3.8) is 0 Å². The summed E-state index contributed by atoms with van der Waals surface area (Å²) in [7, 11) is 1.62. The molecule has 178 valence electrons. The summed E-state index contributed by atoms with van der Waals surface area (Å²) in [6, 6.07) is 7.05. The van der Waals surface area contributed by atoms with Gasteiger partial charge in [-0.1, -0.05) is 6.07 Å². The molecule has 2 aliphatic carbocycles. The molecule has 1 saturated carbocycles. The van der Waals surface area contributed by atoms with Gasteiger partial charge in [0.15, 0.2) is 0 Å². The van der Waals surface area contributed by atoms with Crippen LogP contribution in [0.1, 0.15) is 53.2 Å². The van der Waals surface area contributed by atoms with Gasteiger partial charge >= 0.3 is 0 Å². The Balaban J connectivity index is 1.12. The largest absolute Gasteiger partial charge is 0.355 e. The average molecular weight is 463 g/mol. The zero-order chi connectivity index (χ0) is 23.7. The van der Waals surface area contributed by atoms with Crippen molar-refractivity contribution < 1.29 is 14.4 Å². The molecule has 4 fully saturated rings. The number of rotatable bonds is 5. The van der Waals surface area contributed by atoms with E-state index >= 15 is 0 Å². The van der Waals surface area contributed by atoms with Crippen molar-refractivity contribution in [1.82, 2.24) is 20.0 Å². The van der Waals surface area contributed by atoms with Crippen LogP contribution < -0.4 is 11.1 Å². The maximum atomic E-state index is 13.4. The Hall–Kier alpha value is -2.96. The normalized spacial score (nSPS) is 34.1. The highest BCUT2D eigenvalue weighted by atomic mass is 16.2. The number of fused-ring (bicyclic) bond motifs is 4. The molecule has 9 nitrogen and oxygen atoms in total. The van der Waals surface area contributed by atoms with Gasteiger partial charge < -0.3 is 20.9 Å². The number of carbonyl (C=O) groups excluding carboxylic acids is 3. The predicted molar refractivity (Wildman–Crippen MR) is 122 cm³/mol. The highest BCUT2D eigenvalue weighted by Crippen LogP contribution is 2.48. The van der Waals surface area contributed by atoms with E-state index in [0.29, 0.717) is 24.6 Å². The molecule has 7 atom stereocenters. The Labute approximate surface area is 198 Å². The number of likely N-dealkylation sites (tertiary alicyclic amines) is 3. The Kier molecular flexibility index (Phi) is 4.94. The number of benzene rings is 1. The van der Waals surface area contributed by atoms with E-state index in [2.05, 4.69) is 16.3 Å². The number of aryl methyl sites for hydroxylation is 1. The first-order chi connectivity index (χ1) is 16.4. The molecule has 5 aliphatic rings. The molecule has 3 heterocycles. The van der Waals surface area contributed by atoms with E-state index in [1.54, 1.807) is 11.9 Å². The van der Waals surface area contributed by atoms with Crippen LogP contribution in [0.5, 0.6) is 0 Å². The quantitative estimate of drug-likeness (QED) is 0.643. The fraction of sp³-hybridized carbons (Fsp3) is 0.600. The maximum Gasteiger partial charge on any atom is 0.251 e. The summed E-state index contributed by atoms with van der Waals surface area (Å²) in [5.74, 6) is 0.319. The Morgan fingerprint density at radius 3 is 2.82 bits per heavy atom. The number of piperidine rings is 1. The van der Waals surface area contributed by atoms with Crippen molar-refractivity contribution in [3.05, 3.63) is 34.9 Å². The Morgan fingerprint density at radius 2 is 2.09 bits per heavy atom. The predicted octanol–water partition coefficient (Wildman–Crippen LogP) is 0.159. The van der Waals surface area contributed by atoms with Crippen LogP contribution in [0, 0.1) is 17.2 Å². The van der Waals surface area contributed by atoms with E-state index in [-0.39, 0.29) is 47.9 Å². The second-order valence-electron chi connectivity index (χ2n) is 10.4. The van der Waals surface area contributed by atoms with Crippen molar-refractivity contribution in [2.24, 2.45) is 11.7 Å². The van der Waals surface area contributed by atoms with Gasteiger partial charge in [-0.15, -0.1) is 0 Å². The summed E-state index contributed by atoms with van der Waals surface area (Å²) in [5, 5.41) is 12.1. The highest BCUT2D eigenvalue weighted by Gasteiger charge is 2.56. The third-order valence-corrected chi connectivity index (χ3v) is 8.58. The third-order valence-electron chi connectivity index (χ3n) is 8.58. The lowest BCUT2D eigenvalue weighted by Gasteiger charge is -2.38. The fourth-order valence-corrected chi connectivity index (χ4v) is 6.88. The molecular formula is C25H30N6O3. The minimum atomic E-state index is -0.717. The molecule has 1 aromatic carbocycles. The summed E-state index contributed by atoms with van der Waals surface area (Å²) < 4.78 is 0. The first-order valence-corrected chi connectivity index (χ1v) is 12.3. The van der Waals surface area contributed by atoms with E-state index in [1.165, 1.54) is 0 Å². The molecule has 0 radical (unpaired) electrons. The standard InChI is InChI=1S/C25H30N6O3/c1-28-23(32)14-2-4-18-13(6-14)3-5-20(18)31-17-9-22(25(31)34)29(11-17)12-19(27)24(33)30-16(10-26)7-15-8-21(15)30/h2,4,6,15-17,19-22H,3,5,7-9,11-12,27H2,1H3,(H,28,32)/t15?,16-,17-,19-,20+,21-,22-/m0/s1. The van der Waals surface area contributed by atoms with Crippen LogP contribution in [-0.2, 0) is 16.0 Å². The first kappa shape index (κ1) is 21.6. The van der Waals surface area contributed by atoms with Crippen molar-refractivity contribution in [1.29, 1.82) is 5.26 Å². The van der Waals surface area contributed by atoms with E-state index in [4.69, 9.17) is 5.73 Å². The summed E-state index contributed by atoms with van der Waals surface area (Å²) >= 11 is 0. The van der Waals surface area contributed by atoms with Gasteiger partial charge in [0.25, 0.3) is 5.91 Å². The lowest BCUT2D eigenvalue weighted by Crippen LogP contribution is -2.57. The van der Waals surface area contributed by atoms with Gasteiger partial charge in [0.2, 0.25) is 11.8 Å². The summed E-state index contributed by atoms with van der Waals surface area (Å²) in [4.78, 5) is 44.2. The number of piperazine rings is 1. The van der Waals surface area contributed by atoms with Crippen LogP contribution in [0.2, 0.25) is 0 Å². The van der Waals surface area contributed by atoms with Gasteiger partial charge in [-0.2, -0.15) is 5.26 Å².